The van der Waals surface area contributed by atoms with Crippen LogP contribution < -0.4 is 5.32 Å². The molecule has 8 nitrogen and oxygen atoms in total. The summed E-state index contributed by atoms with van der Waals surface area (Å²) in [5.74, 6) is -2.21. The van der Waals surface area contributed by atoms with E-state index < -0.39 is 18.0 Å². The molecule has 8 heteroatoms. The Morgan fingerprint density at radius 3 is 2.58 bits per heavy atom. The van der Waals surface area contributed by atoms with Crippen molar-refractivity contribution in [3.8, 4) is 0 Å². The zero-order chi connectivity index (χ0) is 22.1. The highest BCUT2D eigenvalue weighted by molar-refractivity contribution is 6.06. The highest BCUT2D eigenvalue weighted by Gasteiger charge is 2.56. The maximum atomic E-state index is 12.3. The molecule has 1 aromatic carbocycles. The number of benzene rings is 1. The second-order valence-corrected chi connectivity index (χ2v) is 7.89. The van der Waals surface area contributed by atoms with E-state index in [1.54, 1.807) is 43.6 Å². The van der Waals surface area contributed by atoms with E-state index >= 15 is 0 Å². The molecule has 0 radical (unpaired) electrons. The standard InChI is InChI=1S/C23H23N3O5/c1-13(27)20-18-10-17(21(23(30)31)26(18)22(20)29)16-6-4-14(5-7-16)9-19(28)25-12-15-3-2-8-24-11-15/h2-8,11,13,18,20,27H,9-10,12H2,1H3,(H,25,28)(H,30,31)/t13-,18-,20-/m1/s1. The van der Waals surface area contributed by atoms with Crippen LogP contribution in [0.2, 0.25) is 0 Å². The molecule has 2 amide bonds. The molecule has 3 atom stereocenters. The Bertz CT molecular complexity index is 1050. The molecule has 0 saturated carbocycles. The van der Waals surface area contributed by atoms with E-state index in [9.17, 15) is 24.6 Å². The summed E-state index contributed by atoms with van der Waals surface area (Å²) >= 11 is 0. The molecule has 4 rings (SSSR count). The summed E-state index contributed by atoms with van der Waals surface area (Å²) in [6.45, 7) is 1.95. The number of amides is 2. The van der Waals surface area contributed by atoms with Gasteiger partial charge in [-0.15, -0.1) is 0 Å². The van der Waals surface area contributed by atoms with Gasteiger partial charge >= 0.3 is 5.97 Å². The lowest BCUT2D eigenvalue weighted by Crippen LogP contribution is -2.61. The van der Waals surface area contributed by atoms with Gasteiger partial charge < -0.3 is 20.4 Å². The number of pyridine rings is 1. The van der Waals surface area contributed by atoms with E-state index in [4.69, 9.17) is 0 Å². The predicted molar refractivity (Wildman–Crippen MR) is 111 cm³/mol. The van der Waals surface area contributed by atoms with E-state index in [2.05, 4.69) is 10.3 Å². The third kappa shape index (κ3) is 3.94. The van der Waals surface area contributed by atoms with Gasteiger partial charge in [-0.05, 0) is 41.7 Å². The van der Waals surface area contributed by atoms with Crippen molar-refractivity contribution in [2.45, 2.75) is 38.5 Å². The number of rotatable bonds is 7. The van der Waals surface area contributed by atoms with E-state index in [0.29, 0.717) is 24.1 Å². The molecule has 0 spiro atoms. The van der Waals surface area contributed by atoms with Gasteiger partial charge in [0.25, 0.3) is 0 Å². The molecule has 2 aliphatic rings. The van der Waals surface area contributed by atoms with Crippen molar-refractivity contribution in [3.63, 3.8) is 0 Å². The number of nitrogens with zero attached hydrogens (tertiary/aromatic N) is 2. The van der Waals surface area contributed by atoms with Gasteiger partial charge in [-0.25, -0.2) is 4.79 Å². The van der Waals surface area contributed by atoms with Crippen molar-refractivity contribution in [1.29, 1.82) is 0 Å². The smallest absolute Gasteiger partial charge is 0.352 e. The molecule has 31 heavy (non-hydrogen) atoms. The predicted octanol–water partition coefficient (Wildman–Crippen LogP) is 1.35. The number of β-lactam (4-membered cyclic amide) rings is 1. The average Bonchev–Trinajstić information content (AvgIpc) is 3.08. The van der Waals surface area contributed by atoms with Crippen LogP contribution in [-0.4, -0.2) is 50.0 Å². The van der Waals surface area contributed by atoms with Crippen LogP contribution in [0.3, 0.4) is 0 Å². The SMILES string of the molecule is C[C@@H](O)[C@H]1C(=O)N2C(C(=O)O)=C(c3ccc(CC(=O)NCc4cccnc4)cc3)C[C@H]12. The molecule has 0 aliphatic carbocycles. The van der Waals surface area contributed by atoms with Crippen molar-refractivity contribution in [2.75, 3.05) is 0 Å². The van der Waals surface area contributed by atoms with Gasteiger partial charge in [-0.1, -0.05) is 30.3 Å². The minimum Gasteiger partial charge on any atom is -0.477 e. The maximum Gasteiger partial charge on any atom is 0.352 e. The highest BCUT2D eigenvalue weighted by atomic mass is 16.4. The fourth-order valence-electron chi connectivity index (χ4n) is 4.30. The molecule has 2 aromatic rings. The zero-order valence-electron chi connectivity index (χ0n) is 17.0. The first-order chi connectivity index (χ1) is 14.9. The number of aliphatic carboxylic acids is 1. The van der Waals surface area contributed by atoms with Gasteiger partial charge in [0.15, 0.2) is 0 Å². The number of hydrogen-bond donors (Lipinski definition) is 3. The topological polar surface area (TPSA) is 120 Å². The summed E-state index contributed by atoms with van der Waals surface area (Å²) < 4.78 is 0. The molecule has 160 valence electrons. The van der Waals surface area contributed by atoms with Gasteiger partial charge in [0.2, 0.25) is 11.8 Å². The average molecular weight is 421 g/mol. The van der Waals surface area contributed by atoms with Gasteiger partial charge in [0, 0.05) is 18.9 Å². The molecule has 1 fully saturated rings. The molecule has 1 aromatic heterocycles. The van der Waals surface area contributed by atoms with Crippen molar-refractivity contribution >= 4 is 23.4 Å². The van der Waals surface area contributed by atoms with Gasteiger partial charge in [0.1, 0.15) is 5.70 Å². The van der Waals surface area contributed by atoms with Crippen LogP contribution >= 0.6 is 0 Å². The van der Waals surface area contributed by atoms with Crippen molar-refractivity contribution in [2.24, 2.45) is 5.92 Å². The molecule has 0 bridgehead atoms. The van der Waals surface area contributed by atoms with E-state index in [-0.39, 0.29) is 30.0 Å². The second kappa shape index (κ2) is 8.31. The number of carbonyl (C=O) groups excluding carboxylic acids is 2. The molecule has 2 aliphatic heterocycles. The maximum absolute atomic E-state index is 12.3. The van der Waals surface area contributed by atoms with Crippen LogP contribution in [0, 0.1) is 5.92 Å². The largest absolute Gasteiger partial charge is 0.477 e. The minimum atomic E-state index is -1.16. The van der Waals surface area contributed by atoms with E-state index in [0.717, 1.165) is 11.1 Å². The molecular formula is C23H23N3O5. The molecule has 0 unspecified atom stereocenters. The van der Waals surface area contributed by atoms with Crippen LogP contribution in [0.4, 0.5) is 0 Å². The number of carboxylic acid groups (broad SMARTS) is 1. The summed E-state index contributed by atoms with van der Waals surface area (Å²) in [6.07, 6.45) is 3.12. The van der Waals surface area contributed by atoms with Crippen LogP contribution in [0.15, 0.2) is 54.5 Å². The summed E-state index contributed by atoms with van der Waals surface area (Å²) in [6, 6.07) is 10.5. The molecule has 3 heterocycles. The first-order valence-electron chi connectivity index (χ1n) is 10.1. The number of fused-ring (bicyclic) bond motifs is 1. The second-order valence-electron chi connectivity index (χ2n) is 7.89. The van der Waals surface area contributed by atoms with E-state index in [1.165, 1.54) is 4.90 Å². The summed E-state index contributed by atoms with van der Waals surface area (Å²) in [4.78, 5) is 41.7. The monoisotopic (exact) mass is 421 g/mol. The fourth-order valence-corrected chi connectivity index (χ4v) is 4.30. The fraction of sp³-hybridized carbons (Fsp3) is 0.304. The van der Waals surface area contributed by atoms with Gasteiger partial charge in [0.05, 0.1) is 24.5 Å². The van der Waals surface area contributed by atoms with Crippen LogP contribution in [0.5, 0.6) is 0 Å². The van der Waals surface area contributed by atoms with Crippen molar-refractivity contribution in [1.82, 2.24) is 15.2 Å². The number of hydrogen-bond acceptors (Lipinski definition) is 5. The number of carboxylic acids is 1. The van der Waals surface area contributed by atoms with Gasteiger partial charge in [-0.2, -0.15) is 0 Å². The summed E-state index contributed by atoms with van der Waals surface area (Å²) in [7, 11) is 0. The molecular weight excluding hydrogens is 398 g/mol. The Balaban J connectivity index is 1.45. The molecule has 3 N–H and O–H groups in total. The highest BCUT2D eigenvalue weighted by Crippen LogP contribution is 2.46. The number of aromatic nitrogens is 1. The number of aliphatic hydroxyl groups is 1. The summed E-state index contributed by atoms with van der Waals surface area (Å²) in [5.41, 5.74) is 2.96. The first kappa shape index (κ1) is 20.7. The molecule has 1 saturated heterocycles. The Hall–Kier alpha value is -3.52. The summed E-state index contributed by atoms with van der Waals surface area (Å²) in [5, 5.41) is 22.4. The normalized spacial score (nSPS) is 20.8. The van der Waals surface area contributed by atoms with Crippen LogP contribution in [-0.2, 0) is 27.3 Å². The Labute approximate surface area is 179 Å². The first-order valence-corrected chi connectivity index (χ1v) is 10.1. The zero-order valence-corrected chi connectivity index (χ0v) is 17.0. The lowest BCUT2D eigenvalue weighted by molar-refractivity contribution is -0.161. The third-order valence-electron chi connectivity index (χ3n) is 5.81. The Morgan fingerprint density at radius 2 is 1.97 bits per heavy atom. The lowest BCUT2D eigenvalue weighted by atomic mass is 9.82. The lowest BCUT2D eigenvalue weighted by Gasteiger charge is -2.44. The van der Waals surface area contributed by atoms with Crippen LogP contribution in [0.1, 0.15) is 30.0 Å². The third-order valence-corrected chi connectivity index (χ3v) is 5.81. The Kier molecular flexibility index (Phi) is 5.56. The quantitative estimate of drug-likeness (QED) is 0.581. The number of aliphatic hydroxyl groups excluding tert-OH is 1. The van der Waals surface area contributed by atoms with Crippen molar-refractivity contribution < 1.29 is 24.6 Å². The Morgan fingerprint density at radius 1 is 1.23 bits per heavy atom. The number of nitrogens with one attached hydrogen (secondary N) is 1. The minimum absolute atomic E-state index is 0.0196. The van der Waals surface area contributed by atoms with Crippen LogP contribution in [0.25, 0.3) is 5.57 Å². The van der Waals surface area contributed by atoms with Gasteiger partial charge in [-0.3, -0.25) is 14.6 Å². The number of carbonyl (C=O) groups is 3. The van der Waals surface area contributed by atoms with Crippen molar-refractivity contribution in [3.05, 3.63) is 71.2 Å². The van der Waals surface area contributed by atoms with E-state index in [1.807, 2.05) is 12.1 Å².